The number of alkyl halides is 1. The highest BCUT2D eigenvalue weighted by molar-refractivity contribution is 9.09. The van der Waals surface area contributed by atoms with Crippen molar-refractivity contribution in [3.63, 3.8) is 0 Å². The zero-order valence-corrected chi connectivity index (χ0v) is 29.1. The number of nitrogens with zero attached hydrogens (tertiary/aromatic N) is 1. The fourth-order valence-electron chi connectivity index (χ4n) is 6.75. The number of rotatable bonds is 7. The minimum absolute atomic E-state index is 0.177. The van der Waals surface area contributed by atoms with Gasteiger partial charge in [-0.2, -0.15) is 0 Å². The Balaban J connectivity index is 0.000000145. The summed E-state index contributed by atoms with van der Waals surface area (Å²) in [6.07, 6.45) is 10.9. The quantitative estimate of drug-likeness (QED) is 0.193. The fraction of sp³-hybridized carbons (Fsp3) is 0.429. The van der Waals surface area contributed by atoms with Crippen LogP contribution in [0.15, 0.2) is 97.1 Å². The van der Waals surface area contributed by atoms with Gasteiger partial charge < -0.3 is 10.2 Å². The molecule has 0 radical (unpaired) electrons. The Morgan fingerprint density at radius 2 is 1.04 bits per heavy atom. The van der Waals surface area contributed by atoms with E-state index in [0.717, 1.165) is 41.6 Å². The van der Waals surface area contributed by atoms with E-state index in [1.807, 2.05) is 24.3 Å². The first-order valence-electron chi connectivity index (χ1n) is 17.7. The largest absolute Gasteiger partial charge is 0.316 e. The Morgan fingerprint density at radius 1 is 0.574 bits per heavy atom. The number of likely N-dealkylation sites (tertiary alicyclic amines) is 1. The average molecular weight is 700 g/mol. The average Bonchev–Trinajstić information content (AvgIpc) is 4.07. The summed E-state index contributed by atoms with van der Waals surface area (Å²) < 4.78 is 25.9. The van der Waals surface area contributed by atoms with Gasteiger partial charge in [0.1, 0.15) is 11.6 Å². The van der Waals surface area contributed by atoms with Crippen LogP contribution in [-0.2, 0) is 0 Å². The van der Waals surface area contributed by atoms with E-state index >= 15 is 0 Å². The lowest BCUT2D eigenvalue weighted by Gasteiger charge is -2.33. The summed E-state index contributed by atoms with van der Waals surface area (Å²) in [5.74, 6) is 2.97. The molecule has 248 valence electrons. The Kier molecular flexibility index (Phi) is 12.3. The van der Waals surface area contributed by atoms with Gasteiger partial charge in [0, 0.05) is 25.0 Å². The van der Waals surface area contributed by atoms with E-state index in [1.165, 1.54) is 117 Å². The van der Waals surface area contributed by atoms with Crippen molar-refractivity contribution in [3.05, 3.63) is 120 Å². The molecule has 0 bridgehead atoms. The Bertz CT molecular complexity index is 1490. The maximum atomic E-state index is 13.0. The summed E-state index contributed by atoms with van der Waals surface area (Å²) in [6, 6.07) is 31.0. The number of halogens is 3. The van der Waals surface area contributed by atoms with Crippen molar-refractivity contribution in [3.8, 4) is 22.3 Å². The molecule has 2 heterocycles. The number of hydrogen-bond acceptors (Lipinski definition) is 2. The van der Waals surface area contributed by atoms with Gasteiger partial charge in [-0.15, -0.1) is 0 Å². The first kappa shape index (κ1) is 34.0. The van der Waals surface area contributed by atoms with Crippen LogP contribution < -0.4 is 5.32 Å². The molecule has 4 fully saturated rings. The van der Waals surface area contributed by atoms with Gasteiger partial charge in [-0.05, 0) is 146 Å². The molecule has 5 heteroatoms. The van der Waals surface area contributed by atoms with Crippen LogP contribution in [0.5, 0.6) is 0 Å². The van der Waals surface area contributed by atoms with Crippen LogP contribution in [0.25, 0.3) is 22.3 Å². The van der Waals surface area contributed by atoms with E-state index in [4.69, 9.17) is 0 Å². The Labute approximate surface area is 289 Å². The van der Waals surface area contributed by atoms with Gasteiger partial charge in [-0.3, -0.25) is 0 Å². The monoisotopic (exact) mass is 698 g/mol. The molecule has 2 nitrogen and oxygen atoms in total. The molecule has 2 aliphatic heterocycles. The lowest BCUT2D eigenvalue weighted by Crippen LogP contribution is -2.35. The molecule has 0 amide bonds. The summed E-state index contributed by atoms with van der Waals surface area (Å²) >= 11 is 3.38. The summed E-state index contributed by atoms with van der Waals surface area (Å²) in [5.41, 5.74) is 7.31. The molecule has 0 spiro atoms. The molecule has 1 N–H and O–H groups in total. The third kappa shape index (κ3) is 10.6. The Morgan fingerprint density at radius 3 is 1.47 bits per heavy atom. The maximum Gasteiger partial charge on any atom is 0.123 e. The predicted octanol–water partition coefficient (Wildman–Crippen LogP) is 10.8. The normalized spacial score (nSPS) is 21.2. The smallest absolute Gasteiger partial charge is 0.123 e. The second kappa shape index (κ2) is 17.0. The van der Waals surface area contributed by atoms with Crippen molar-refractivity contribution in [2.24, 2.45) is 11.8 Å². The van der Waals surface area contributed by atoms with Crippen LogP contribution in [-0.4, -0.2) is 43.0 Å². The van der Waals surface area contributed by atoms with Gasteiger partial charge >= 0.3 is 0 Å². The maximum absolute atomic E-state index is 13.0. The number of benzene rings is 4. The minimum Gasteiger partial charge on any atom is -0.316 e. The molecule has 2 saturated heterocycles. The first-order valence-corrected chi connectivity index (χ1v) is 18.9. The third-order valence-corrected chi connectivity index (χ3v) is 11.0. The molecule has 4 aliphatic rings. The van der Waals surface area contributed by atoms with Gasteiger partial charge in [0.05, 0.1) is 0 Å². The van der Waals surface area contributed by atoms with Crippen LogP contribution in [0.1, 0.15) is 74.3 Å². The van der Waals surface area contributed by atoms with Gasteiger partial charge in [-0.1, -0.05) is 88.7 Å². The van der Waals surface area contributed by atoms with E-state index in [2.05, 4.69) is 74.7 Å². The molecule has 2 saturated carbocycles. The van der Waals surface area contributed by atoms with E-state index < -0.39 is 0 Å². The van der Waals surface area contributed by atoms with Crippen LogP contribution >= 0.6 is 15.9 Å². The van der Waals surface area contributed by atoms with E-state index in [0.29, 0.717) is 11.8 Å². The van der Waals surface area contributed by atoms with Crippen LogP contribution in [0, 0.1) is 23.5 Å². The molecular weight excluding hydrogens is 650 g/mol. The fourth-order valence-corrected chi connectivity index (χ4v) is 7.40. The van der Waals surface area contributed by atoms with Gasteiger partial charge in [0.25, 0.3) is 0 Å². The van der Waals surface area contributed by atoms with Crippen molar-refractivity contribution in [1.29, 1.82) is 0 Å². The number of nitrogens with one attached hydrogen (secondary N) is 1. The molecule has 8 rings (SSSR count). The molecule has 2 atom stereocenters. The van der Waals surface area contributed by atoms with E-state index in [-0.39, 0.29) is 11.6 Å². The summed E-state index contributed by atoms with van der Waals surface area (Å²) in [4.78, 5) is 2.67. The van der Waals surface area contributed by atoms with Crippen molar-refractivity contribution in [1.82, 2.24) is 10.2 Å². The second-order valence-electron chi connectivity index (χ2n) is 13.9. The molecule has 2 unspecified atom stereocenters. The highest BCUT2D eigenvalue weighted by Gasteiger charge is 2.28. The lowest BCUT2D eigenvalue weighted by atomic mass is 9.89. The molecule has 4 aromatic carbocycles. The summed E-state index contributed by atoms with van der Waals surface area (Å²) in [7, 11) is 0. The topological polar surface area (TPSA) is 15.3 Å². The first-order chi connectivity index (χ1) is 23.0. The highest BCUT2D eigenvalue weighted by atomic mass is 79.9. The lowest BCUT2D eigenvalue weighted by molar-refractivity contribution is 0.200. The molecule has 47 heavy (non-hydrogen) atoms. The summed E-state index contributed by atoms with van der Waals surface area (Å²) in [6.45, 7) is 6.03. The Hall–Kier alpha value is -2.86. The molecule has 4 aromatic rings. The standard InChI is InChI=1S/C21H24FN.C17H18FN.C4H7Br/c22-21-11-9-18(10-12-21)17-5-7-19(8-6-17)20-2-1-13-23(15-20)14-16-3-4-16;18-17-9-7-14(8-10-17)13-3-5-15(6-4-13)16-2-1-11-19-12-16;5-3-4-1-2-4/h5-12,16,20H,1-4,13-15H2;3-10,16,19H,1-2,11-12H2;4H,1-3H2. The third-order valence-electron chi connectivity index (χ3n) is 10.1. The van der Waals surface area contributed by atoms with Gasteiger partial charge in [0.15, 0.2) is 0 Å². The van der Waals surface area contributed by atoms with E-state index in [9.17, 15) is 8.78 Å². The number of hydrogen-bond donors (Lipinski definition) is 1. The molecule has 2 aliphatic carbocycles. The highest BCUT2D eigenvalue weighted by Crippen LogP contribution is 2.34. The van der Waals surface area contributed by atoms with Gasteiger partial charge in [-0.25, -0.2) is 8.78 Å². The predicted molar refractivity (Wildman–Crippen MR) is 196 cm³/mol. The SMILES string of the molecule is BrCC1CC1.Fc1ccc(-c2ccc(C3CCCN(CC4CC4)C3)cc2)cc1.Fc1ccc(-c2ccc(C3CCCNC3)cc2)cc1. The zero-order valence-electron chi connectivity index (χ0n) is 27.5. The van der Waals surface area contributed by atoms with E-state index in [1.54, 1.807) is 0 Å². The summed E-state index contributed by atoms with van der Waals surface area (Å²) in [5, 5.41) is 4.67. The van der Waals surface area contributed by atoms with Crippen molar-refractivity contribution in [2.45, 2.75) is 63.2 Å². The van der Waals surface area contributed by atoms with Crippen LogP contribution in [0.2, 0.25) is 0 Å². The van der Waals surface area contributed by atoms with Crippen molar-refractivity contribution in [2.75, 3.05) is 38.1 Å². The number of piperidine rings is 2. The van der Waals surface area contributed by atoms with Gasteiger partial charge in [0.2, 0.25) is 0 Å². The van der Waals surface area contributed by atoms with Crippen LogP contribution in [0.3, 0.4) is 0 Å². The molecule has 0 aromatic heterocycles. The zero-order chi connectivity index (χ0) is 32.4. The van der Waals surface area contributed by atoms with Crippen molar-refractivity contribution < 1.29 is 8.78 Å². The molecular formula is C42H49BrF2N2. The van der Waals surface area contributed by atoms with Crippen molar-refractivity contribution >= 4 is 15.9 Å². The second-order valence-corrected chi connectivity index (χ2v) is 14.6. The minimum atomic E-state index is -0.186. The van der Waals surface area contributed by atoms with Crippen LogP contribution in [0.4, 0.5) is 8.78 Å².